The summed E-state index contributed by atoms with van der Waals surface area (Å²) >= 11 is 0. The zero-order chi connectivity index (χ0) is 7.61. The topological polar surface area (TPSA) is 32.3 Å². The molecule has 0 aromatic carbocycles. The molecule has 1 rings (SSSR count). The first-order valence-corrected chi connectivity index (χ1v) is 4.03. The highest BCUT2D eigenvalue weighted by atomic mass is 16.3. The first-order chi connectivity index (χ1) is 4.60. The normalized spacial score (nSPS) is 33.3. The molecule has 1 fully saturated rings. The molecule has 2 N–H and O–H groups in total. The maximum atomic E-state index is 9.28. The lowest BCUT2D eigenvalue weighted by Crippen LogP contribution is -2.37. The standard InChI is InChI=1S/C8H17NO/c1-8(2)5-3-7(10)4-6-9-8/h7,9-10H,3-6H2,1-2H3. The molecular formula is C8H17NO. The van der Waals surface area contributed by atoms with Gasteiger partial charge in [-0.05, 0) is 39.7 Å². The van der Waals surface area contributed by atoms with E-state index in [1.807, 2.05) is 0 Å². The summed E-state index contributed by atoms with van der Waals surface area (Å²) in [4.78, 5) is 0. The molecule has 1 atom stereocenters. The fraction of sp³-hybridized carbons (Fsp3) is 1.00. The first-order valence-electron chi connectivity index (χ1n) is 4.03. The predicted octanol–water partition coefficient (Wildman–Crippen LogP) is 0.899. The van der Waals surface area contributed by atoms with Gasteiger partial charge < -0.3 is 10.4 Å². The Morgan fingerprint density at radius 1 is 1.40 bits per heavy atom. The van der Waals surface area contributed by atoms with Gasteiger partial charge in [0.1, 0.15) is 0 Å². The molecular weight excluding hydrogens is 126 g/mol. The van der Waals surface area contributed by atoms with Crippen LogP contribution in [0.5, 0.6) is 0 Å². The van der Waals surface area contributed by atoms with Crippen molar-refractivity contribution in [2.75, 3.05) is 6.54 Å². The quantitative estimate of drug-likeness (QED) is 0.528. The Balaban J connectivity index is 2.41. The molecule has 1 aliphatic heterocycles. The Labute approximate surface area is 62.6 Å². The molecule has 0 spiro atoms. The summed E-state index contributed by atoms with van der Waals surface area (Å²) < 4.78 is 0. The first kappa shape index (κ1) is 8.02. The molecule has 60 valence electrons. The van der Waals surface area contributed by atoms with Crippen molar-refractivity contribution >= 4 is 0 Å². The zero-order valence-electron chi connectivity index (χ0n) is 6.85. The van der Waals surface area contributed by atoms with Gasteiger partial charge in [-0.3, -0.25) is 0 Å². The molecule has 1 saturated heterocycles. The minimum atomic E-state index is -0.0747. The average molecular weight is 143 g/mol. The number of rotatable bonds is 0. The zero-order valence-corrected chi connectivity index (χ0v) is 6.85. The van der Waals surface area contributed by atoms with Gasteiger partial charge in [0, 0.05) is 5.54 Å². The molecule has 0 aliphatic carbocycles. The molecule has 0 aromatic heterocycles. The highest BCUT2D eigenvalue weighted by Gasteiger charge is 2.21. The number of nitrogens with one attached hydrogen (secondary N) is 1. The van der Waals surface area contributed by atoms with Crippen LogP contribution in [0.1, 0.15) is 33.1 Å². The lowest BCUT2D eigenvalue weighted by molar-refractivity contribution is 0.158. The van der Waals surface area contributed by atoms with Crippen LogP contribution >= 0.6 is 0 Å². The summed E-state index contributed by atoms with van der Waals surface area (Å²) in [5.74, 6) is 0. The van der Waals surface area contributed by atoms with E-state index in [0.717, 1.165) is 25.8 Å². The summed E-state index contributed by atoms with van der Waals surface area (Å²) in [5.41, 5.74) is 0.234. The summed E-state index contributed by atoms with van der Waals surface area (Å²) in [6, 6.07) is 0. The molecule has 1 aliphatic rings. The van der Waals surface area contributed by atoms with Crippen molar-refractivity contribution in [3.8, 4) is 0 Å². The van der Waals surface area contributed by atoms with E-state index < -0.39 is 0 Å². The third kappa shape index (κ3) is 2.27. The van der Waals surface area contributed by atoms with Gasteiger partial charge in [0.2, 0.25) is 0 Å². The SMILES string of the molecule is CC1(C)CCC(O)CCN1. The van der Waals surface area contributed by atoms with Crippen LogP contribution in [-0.2, 0) is 0 Å². The van der Waals surface area contributed by atoms with Crippen molar-refractivity contribution in [3.63, 3.8) is 0 Å². The van der Waals surface area contributed by atoms with Crippen LogP contribution in [0, 0.1) is 0 Å². The van der Waals surface area contributed by atoms with Gasteiger partial charge in [-0.1, -0.05) is 0 Å². The molecule has 1 unspecified atom stereocenters. The Hall–Kier alpha value is -0.0800. The third-order valence-corrected chi connectivity index (χ3v) is 2.18. The number of hydrogen-bond donors (Lipinski definition) is 2. The van der Waals surface area contributed by atoms with Crippen LogP contribution in [0.2, 0.25) is 0 Å². The Morgan fingerprint density at radius 2 is 2.10 bits per heavy atom. The molecule has 0 bridgehead atoms. The fourth-order valence-electron chi connectivity index (χ4n) is 1.34. The Morgan fingerprint density at radius 3 is 2.80 bits per heavy atom. The second kappa shape index (κ2) is 2.89. The van der Waals surface area contributed by atoms with Crippen LogP contribution < -0.4 is 5.32 Å². The van der Waals surface area contributed by atoms with E-state index in [-0.39, 0.29) is 11.6 Å². The maximum Gasteiger partial charge on any atom is 0.0553 e. The van der Waals surface area contributed by atoms with E-state index in [4.69, 9.17) is 0 Å². The van der Waals surface area contributed by atoms with Crippen molar-refractivity contribution < 1.29 is 5.11 Å². The highest BCUT2D eigenvalue weighted by molar-refractivity contribution is 4.82. The van der Waals surface area contributed by atoms with Gasteiger partial charge in [0.15, 0.2) is 0 Å². The van der Waals surface area contributed by atoms with Crippen LogP contribution in [0.25, 0.3) is 0 Å². The van der Waals surface area contributed by atoms with Crippen molar-refractivity contribution in [3.05, 3.63) is 0 Å². The minimum absolute atomic E-state index is 0.0747. The van der Waals surface area contributed by atoms with Crippen molar-refractivity contribution in [1.29, 1.82) is 0 Å². The summed E-state index contributed by atoms with van der Waals surface area (Å²) in [6.45, 7) is 5.32. The molecule has 2 heteroatoms. The molecule has 0 aromatic rings. The minimum Gasteiger partial charge on any atom is -0.393 e. The van der Waals surface area contributed by atoms with Gasteiger partial charge in [-0.15, -0.1) is 0 Å². The van der Waals surface area contributed by atoms with Crippen LogP contribution in [-0.4, -0.2) is 23.3 Å². The second-order valence-electron chi connectivity index (χ2n) is 3.79. The van der Waals surface area contributed by atoms with Crippen molar-refractivity contribution in [1.82, 2.24) is 5.32 Å². The third-order valence-electron chi connectivity index (χ3n) is 2.18. The van der Waals surface area contributed by atoms with Crippen molar-refractivity contribution in [2.45, 2.75) is 44.8 Å². The monoisotopic (exact) mass is 143 g/mol. The number of hydrogen-bond acceptors (Lipinski definition) is 2. The van der Waals surface area contributed by atoms with Gasteiger partial charge in [-0.25, -0.2) is 0 Å². The van der Waals surface area contributed by atoms with Crippen LogP contribution in [0.15, 0.2) is 0 Å². The molecule has 2 nitrogen and oxygen atoms in total. The van der Waals surface area contributed by atoms with Gasteiger partial charge in [0.05, 0.1) is 6.10 Å². The smallest absolute Gasteiger partial charge is 0.0553 e. The van der Waals surface area contributed by atoms with Gasteiger partial charge in [-0.2, -0.15) is 0 Å². The summed E-state index contributed by atoms with van der Waals surface area (Å²) in [7, 11) is 0. The summed E-state index contributed by atoms with van der Waals surface area (Å²) in [5, 5.41) is 12.7. The molecule has 0 saturated carbocycles. The molecule has 0 radical (unpaired) electrons. The average Bonchev–Trinajstić information content (AvgIpc) is 1.94. The maximum absolute atomic E-state index is 9.28. The molecule has 10 heavy (non-hydrogen) atoms. The Bertz CT molecular complexity index is 112. The van der Waals surface area contributed by atoms with Crippen LogP contribution in [0.3, 0.4) is 0 Å². The van der Waals surface area contributed by atoms with Gasteiger partial charge in [0.25, 0.3) is 0 Å². The Kier molecular flexibility index (Phi) is 2.32. The van der Waals surface area contributed by atoms with E-state index in [1.165, 1.54) is 0 Å². The fourth-order valence-corrected chi connectivity index (χ4v) is 1.34. The van der Waals surface area contributed by atoms with E-state index in [0.29, 0.717) is 0 Å². The number of aliphatic hydroxyl groups is 1. The van der Waals surface area contributed by atoms with E-state index in [9.17, 15) is 5.11 Å². The highest BCUT2D eigenvalue weighted by Crippen LogP contribution is 2.17. The van der Waals surface area contributed by atoms with E-state index in [2.05, 4.69) is 19.2 Å². The van der Waals surface area contributed by atoms with Crippen LogP contribution in [0.4, 0.5) is 0 Å². The largest absolute Gasteiger partial charge is 0.393 e. The molecule has 1 heterocycles. The predicted molar refractivity (Wildman–Crippen MR) is 41.9 cm³/mol. The van der Waals surface area contributed by atoms with Crippen molar-refractivity contribution in [2.24, 2.45) is 0 Å². The van der Waals surface area contributed by atoms with E-state index in [1.54, 1.807) is 0 Å². The summed E-state index contributed by atoms with van der Waals surface area (Å²) in [6.07, 6.45) is 2.85. The van der Waals surface area contributed by atoms with Gasteiger partial charge >= 0.3 is 0 Å². The lowest BCUT2D eigenvalue weighted by Gasteiger charge is -2.23. The second-order valence-corrected chi connectivity index (χ2v) is 3.79. The van der Waals surface area contributed by atoms with E-state index >= 15 is 0 Å². The molecule has 0 amide bonds. The lowest BCUT2D eigenvalue weighted by atomic mass is 9.98. The number of aliphatic hydroxyl groups excluding tert-OH is 1.